The number of hydrogen-bond donors (Lipinski definition) is 2. The molecular formula is C13H22N2O4. The molecule has 0 radical (unpaired) electrons. The Hall–Kier alpha value is -1.59. The van der Waals surface area contributed by atoms with Gasteiger partial charge in [0.25, 0.3) is 0 Å². The van der Waals surface area contributed by atoms with Gasteiger partial charge in [-0.05, 0) is 26.7 Å². The van der Waals surface area contributed by atoms with Crippen LogP contribution in [-0.2, 0) is 14.4 Å². The number of aliphatic carboxylic acids is 1. The predicted octanol–water partition coefficient (Wildman–Crippen LogP) is 0.614. The maximum Gasteiger partial charge on any atom is 0.308 e. The fourth-order valence-electron chi connectivity index (χ4n) is 1.95. The number of carboxylic acid groups (broad SMARTS) is 1. The highest BCUT2D eigenvalue weighted by Crippen LogP contribution is 2.17. The molecule has 19 heavy (non-hydrogen) atoms. The Kier molecular flexibility index (Phi) is 4.91. The average molecular weight is 270 g/mol. The molecule has 108 valence electrons. The fraction of sp³-hybridized carbons (Fsp3) is 0.769. The van der Waals surface area contributed by atoms with Crippen LogP contribution in [0.1, 0.15) is 40.0 Å². The van der Waals surface area contributed by atoms with E-state index in [-0.39, 0.29) is 36.9 Å². The van der Waals surface area contributed by atoms with Gasteiger partial charge in [-0.2, -0.15) is 0 Å². The topological polar surface area (TPSA) is 86.7 Å². The van der Waals surface area contributed by atoms with Gasteiger partial charge in [-0.3, -0.25) is 14.4 Å². The normalized spacial score (nSPS) is 20.3. The minimum atomic E-state index is -0.910. The molecule has 2 N–H and O–H groups in total. The van der Waals surface area contributed by atoms with Crippen molar-refractivity contribution in [1.29, 1.82) is 0 Å². The van der Waals surface area contributed by atoms with Gasteiger partial charge in [-0.1, -0.05) is 6.92 Å². The molecule has 1 atom stereocenters. The van der Waals surface area contributed by atoms with E-state index in [1.807, 2.05) is 20.8 Å². The average Bonchev–Trinajstić information content (AvgIpc) is 2.31. The van der Waals surface area contributed by atoms with Crippen molar-refractivity contribution >= 4 is 17.8 Å². The number of nitrogens with one attached hydrogen (secondary N) is 1. The van der Waals surface area contributed by atoms with Crippen molar-refractivity contribution in [1.82, 2.24) is 10.2 Å². The maximum absolute atomic E-state index is 11.9. The lowest BCUT2D eigenvalue weighted by Crippen LogP contribution is -2.51. The van der Waals surface area contributed by atoms with E-state index in [9.17, 15) is 14.4 Å². The lowest BCUT2D eigenvalue weighted by atomic mass is 9.97. The zero-order valence-corrected chi connectivity index (χ0v) is 11.7. The summed E-state index contributed by atoms with van der Waals surface area (Å²) in [6.45, 7) is 5.83. The molecule has 0 aromatic carbocycles. The molecule has 0 aromatic rings. The lowest BCUT2D eigenvalue weighted by molar-refractivity contribution is -0.149. The SMILES string of the molecule is CCC(C)(C)NC(=O)CN1CC(C(=O)O)CCC1=O. The molecule has 0 bridgehead atoms. The van der Waals surface area contributed by atoms with Gasteiger partial charge in [0.1, 0.15) is 0 Å². The summed E-state index contributed by atoms with van der Waals surface area (Å²) in [6, 6.07) is 0. The van der Waals surface area contributed by atoms with Crippen LogP contribution in [-0.4, -0.2) is 46.4 Å². The second-order valence-electron chi connectivity index (χ2n) is 5.63. The highest BCUT2D eigenvalue weighted by atomic mass is 16.4. The summed E-state index contributed by atoms with van der Waals surface area (Å²) in [5, 5.41) is 11.8. The first-order valence-electron chi connectivity index (χ1n) is 6.56. The summed E-state index contributed by atoms with van der Waals surface area (Å²) in [7, 11) is 0. The third-order valence-corrected chi connectivity index (χ3v) is 3.55. The second-order valence-corrected chi connectivity index (χ2v) is 5.63. The first-order valence-corrected chi connectivity index (χ1v) is 6.56. The van der Waals surface area contributed by atoms with Gasteiger partial charge in [0.15, 0.2) is 0 Å². The number of carboxylic acids is 1. The molecule has 0 spiro atoms. The van der Waals surface area contributed by atoms with Crippen LogP contribution < -0.4 is 5.32 Å². The minimum Gasteiger partial charge on any atom is -0.481 e. The van der Waals surface area contributed by atoms with Crippen molar-refractivity contribution in [3.63, 3.8) is 0 Å². The molecule has 1 aliphatic heterocycles. The largest absolute Gasteiger partial charge is 0.481 e. The van der Waals surface area contributed by atoms with E-state index in [4.69, 9.17) is 5.11 Å². The van der Waals surface area contributed by atoms with E-state index in [2.05, 4.69) is 5.32 Å². The molecule has 1 unspecified atom stereocenters. The van der Waals surface area contributed by atoms with Crippen LogP contribution in [0.15, 0.2) is 0 Å². The Bertz CT molecular complexity index is 379. The van der Waals surface area contributed by atoms with Gasteiger partial charge in [0.2, 0.25) is 11.8 Å². The first-order chi connectivity index (χ1) is 8.75. The van der Waals surface area contributed by atoms with Crippen molar-refractivity contribution in [2.24, 2.45) is 5.92 Å². The van der Waals surface area contributed by atoms with Gasteiger partial charge in [-0.15, -0.1) is 0 Å². The minimum absolute atomic E-state index is 0.0634. The van der Waals surface area contributed by atoms with Crippen LogP contribution in [0.4, 0.5) is 0 Å². The number of rotatable bonds is 5. The highest BCUT2D eigenvalue weighted by molar-refractivity contribution is 5.86. The summed E-state index contributed by atoms with van der Waals surface area (Å²) < 4.78 is 0. The molecule has 0 aliphatic carbocycles. The van der Waals surface area contributed by atoms with Crippen LogP contribution >= 0.6 is 0 Å². The van der Waals surface area contributed by atoms with Crippen LogP contribution in [0, 0.1) is 5.92 Å². The van der Waals surface area contributed by atoms with Crippen molar-refractivity contribution in [3.8, 4) is 0 Å². The molecule has 1 fully saturated rings. The van der Waals surface area contributed by atoms with E-state index >= 15 is 0 Å². The first kappa shape index (κ1) is 15.5. The number of amides is 2. The maximum atomic E-state index is 11.9. The summed E-state index contributed by atoms with van der Waals surface area (Å²) in [5.41, 5.74) is -0.317. The third-order valence-electron chi connectivity index (χ3n) is 3.55. The molecule has 0 aromatic heterocycles. The summed E-state index contributed by atoms with van der Waals surface area (Å²) in [6.07, 6.45) is 1.33. The zero-order chi connectivity index (χ0) is 14.6. The van der Waals surface area contributed by atoms with Gasteiger partial charge in [-0.25, -0.2) is 0 Å². The van der Waals surface area contributed by atoms with Crippen molar-refractivity contribution in [2.75, 3.05) is 13.1 Å². The Morgan fingerprint density at radius 3 is 2.63 bits per heavy atom. The molecular weight excluding hydrogens is 248 g/mol. The van der Waals surface area contributed by atoms with E-state index in [0.717, 1.165) is 6.42 Å². The molecule has 1 heterocycles. The van der Waals surface area contributed by atoms with E-state index in [0.29, 0.717) is 6.42 Å². The van der Waals surface area contributed by atoms with Crippen LogP contribution in [0.3, 0.4) is 0 Å². The number of likely N-dealkylation sites (tertiary alicyclic amines) is 1. The molecule has 6 heteroatoms. The molecule has 1 rings (SSSR count). The summed E-state index contributed by atoms with van der Waals surface area (Å²) >= 11 is 0. The monoisotopic (exact) mass is 270 g/mol. The number of hydrogen-bond acceptors (Lipinski definition) is 3. The molecule has 6 nitrogen and oxygen atoms in total. The van der Waals surface area contributed by atoms with Crippen LogP contribution in [0.5, 0.6) is 0 Å². The van der Waals surface area contributed by atoms with E-state index in [1.165, 1.54) is 4.90 Å². The molecule has 0 saturated carbocycles. The number of carbonyl (C=O) groups excluding carboxylic acids is 2. The van der Waals surface area contributed by atoms with Gasteiger partial charge >= 0.3 is 5.97 Å². The number of carbonyl (C=O) groups is 3. The van der Waals surface area contributed by atoms with E-state index < -0.39 is 11.9 Å². The summed E-state index contributed by atoms with van der Waals surface area (Å²) in [4.78, 5) is 35.8. The Balaban J connectivity index is 2.57. The molecule has 1 aliphatic rings. The van der Waals surface area contributed by atoms with Crippen LogP contribution in [0.25, 0.3) is 0 Å². The Morgan fingerprint density at radius 2 is 2.11 bits per heavy atom. The number of piperidine rings is 1. The van der Waals surface area contributed by atoms with Crippen molar-refractivity contribution in [3.05, 3.63) is 0 Å². The summed E-state index contributed by atoms with van der Waals surface area (Å²) in [5.74, 6) is -1.87. The zero-order valence-electron chi connectivity index (χ0n) is 11.7. The Morgan fingerprint density at radius 1 is 1.47 bits per heavy atom. The highest BCUT2D eigenvalue weighted by Gasteiger charge is 2.31. The quantitative estimate of drug-likeness (QED) is 0.766. The smallest absolute Gasteiger partial charge is 0.308 e. The second kappa shape index (κ2) is 6.04. The van der Waals surface area contributed by atoms with Crippen LogP contribution in [0.2, 0.25) is 0 Å². The number of nitrogens with zero attached hydrogens (tertiary/aromatic N) is 1. The predicted molar refractivity (Wildman–Crippen MR) is 69.5 cm³/mol. The standard InChI is InChI=1S/C13H22N2O4/c1-4-13(2,3)14-10(16)8-15-7-9(12(18)19)5-6-11(15)17/h9H,4-8H2,1-3H3,(H,14,16)(H,18,19). The third kappa shape index (κ3) is 4.54. The van der Waals surface area contributed by atoms with Gasteiger partial charge in [0.05, 0.1) is 12.5 Å². The molecule has 1 saturated heterocycles. The van der Waals surface area contributed by atoms with E-state index in [1.54, 1.807) is 0 Å². The van der Waals surface area contributed by atoms with Crippen molar-refractivity contribution < 1.29 is 19.5 Å². The van der Waals surface area contributed by atoms with Crippen molar-refractivity contribution in [2.45, 2.75) is 45.6 Å². The Labute approximate surface area is 113 Å². The fourth-order valence-corrected chi connectivity index (χ4v) is 1.95. The lowest BCUT2D eigenvalue weighted by Gasteiger charge is -2.32. The molecule has 2 amide bonds. The van der Waals surface area contributed by atoms with Gasteiger partial charge in [0, 0.05) is 18.5 Å². The van der Waals surface area contributed by atoms with Gasteiger partial charge < -0.3 is 15.3 Å².